The van der Waals surface area contributed by atoms with Crippen LogP contribution >= 0.6 is 11.3 Å². The highest BCUT2D eigenvalue weighted by Crippen LogP contribution is 2.15. The average molecular weight is 255 g/mol. The summed E-state index contributed by atoms with van der Waals surface area (Å²) in [7, 11) is 2.19. The van der Waals surface area contributed by atoms with Gasteiger partial charge in [0, 0.05) is 30.6 Å². The number of likely N-dealkylation sites (N-methyl/N-ethyl adjacent to an activating group) is 1. The number of hydrogen-bond donors (Lipinski definition) is 1. The van der Waals surface area contributed by atoms with Crippen LogP contribution in [0.25, 0.3) is 0 Å². The molecule has 1 rings (SSSR count). The molecule has 1 aromatic heterocycles. The highest BCUT2D eigenvalue weighted by Gasteiger charge is 2.06. The summed E-state index contributed by atoms with van der Waals surface area (Å²) in [6.45, 7) is 11.7. The zero-order chi connectivity index (χ0) is 12.8. The molecule has 1 heterocycles. The van der Waals surface area contributed by atoms with E-state index in [1.165, 1.54) is 22.0 Å². The molecule has 0 saturated carbocycles. The second-order valence-electron chi connectivity index (χ2n) is 4.66. The first kappa shape index (κ1) is 14.6. The van der Waals surface area contributed by atoms with E-state index >= 15 is 0 Å². The van der Waals surface area contributed by atoms with E-state index < -0.39 is 0 Å². The topological polar surface area (TPSA) is 28.2 Å². The molecule has 0 spiro atoms. The van der Waals surface area contributed by atoms with E-state index in [0.29, 0.717) is 6.04 Å². The van der Waals surface area contributed by atoms with Crippen molar-refractivity contribution in [2.24, 2.45) is 0 Å². The first-order valence-electron chi connectivity index (χ1n) is 6.38. The maximum absolute atomic E-state index is 4.52. The van der Waals surface area contributed by atoms with E-state index in [0.717, 1.165) is 19.6 Å². The van der Waals surface area contributed by atoms with E-state index in [4.69, 9.17) is 0 Å². The molecule has 1 aromatic rings. The van der Waals surface area contributed by atoms with E-state index in [1.807, 2.05) is 0 Å². The largest absolute Gasteiger partial charge is 0.309 e. The van der Waals surface area contributed by atoms with Gasteiger partial charge in [0.1, 0.15) is 5.01 Å². The number of thiazole rings is 1. The molecule has 0 fully saturated rings. The number of hydrogen-bond acceptors (Lipinski definition) is 4. The van der Waals surface area contributed by atoms with Gasteiger partial charge in [0.05, 0.1) is 5.69 Å². The third kappa shape index (κ3) is 4.74. The first-order valence-corrected chi connectivity index (χ1v) is 7.20. The Bertz CT molecular complexity index is 316. The van der Waals surface area contributed by atoms with Crippen LogP contribution in [0.4, 0.5) is 0 Å². The second kappa shape index (κ2) is 7.09. The van der Waals surface area contributed by atoms with Crippen LogP contribution in [-0.4, -0.2) is 36.1 Å². The molecule has 98 valence electrons. The van der Waals surface area contributed by atoms with Crippen LogP contribution in [0.15, 0.2) is 0 Å². The molecule has 0 bridgehead atoms. The van der Waals surface area contributed by atoms with Crippen molar-refractivity contribution in [3.63, 3.8) is 0 Å². The molecule has 0 aliphatic heterocycles. The van der Waals surface area contributed by atoms with Gasteiger partial charge in [0.25, 0.3) is 0 Å². The van der Waals surface area contributed by atoms with Crippen molar-refractivity contribution in [3.8, 4) is 0 Å². The molecule has 1 unspecified atom stereocenters. The Hall–Kier alpha value is -0.450. The third-order valence-corrected chi connectivity index (χ3v) is 4.41. The second-order valence-corrected chi connectivity index (χ2v) is 5.95. The molecule has 0 radical (unpaired) electrons. The monoisotopic (exact) mass is 255 g/mol. The fraction of sp³-hybridized carbons (Fsp3) is 0.769. The van der Waals surface area contributed by atoms with Crippen LogP contribution in [0, 0.1) is 13.8 Å². The minimum Gasteiger partial charge on any atom is -0.309 e. The van der Waals surface area contributed by atoms with Crippen molar-refractivity contribution in [1.29, 1.82) is 0 Å². The normalized spacial score (nSPS) is 13.3. The Labute approximate surface area is 109 Å². The van der Waals surface area contributed by atoms with Crippen molar-refractivity contribution >= 4 is 11.3 Å². The summed E-state index contributed by atoms with van der Waals surface area (Å²) in [4.78, 5) is 8.25. The SMILES string of the molecule is CCC(C)N(C)CCNCc1nc(C)c(C)s1. The first-order chi connectivity index (χ1) is 8.04. The van der Waals surface area contributed by atoms with Crippen molar-refractivity contribution in [2.45, 2.75) is 46.7 Å². The molecular weight excluding hydrogens is 230 g/mol. The molecule has 1 atom stereocenters. The van der Waals surface area contributed by atoms with Crippen molar-refractivity contribution in [3.05, 3.63) is 15.6 Å². The Balaban J connectivity index is 2.20. The highest BCUT2D eigenvalue weighted by atomic mass is 32.1. The van der Waals surface area contributed by atoms with Crippen LogP contribution in [0.3, 0.4) is 0 Å². The number of nitrogens with one attached hydrogen (secondary N) is 1. The smallest absolute Gasteiger partial charge is 0.107 e. The van der Waals surface area contributed by atoms with Crippen molar-refractivity contribution < 1.29 is 0 Å². The molecule has 0 saturated heterocycles. The van der Waals surface area contributed by atoms with Crippen LogP contribution in [0.1, 0.15) is 35.8 Å². The summed E-state index contributed by atoms with van der Waals surface area (Å²) in [5, 5.41) is 4.66. The third-order valence-electron chi connectivity index (χ3n) is 3.33. The predicted octanol–water partition coefficient (Wildman–Crippen LogP) is 2.58. The predicted molar refractivity (Wildman–Crippen MR) is 75.7 cm³/mol. The van der Waals surface area contributed by atoms with E-state index in [9.17, 15) is 0 Å². The van der Waals surface area contributed by atoms with Gasteiger partial charge in [-0.3, -0.25) is 0 Å². The van der Waals surface area contributed by atoms with Gasteiger partial charge in [-0.15, -0.1) is 11.3 Å². The van der Waals surface area contributed by atoms with Crippen molar-refractivity contribution in [2.75, 3.05) is 20.1 Å². The summed E-state index contributed by atoms with van der Waals surface area (Å²) >= 11 is 1.80. The lowest BCUT2D eigenvalue weighted by Crippen LogP contribution is -2.34. The van der Waals surface area contributed by atoms with Crippen LogP contribution in [-0.2, 0) is 6.54 Å². The standard InChI is InChI=1S/C13H25N3S/c1-6-10(2)16(5)8-7-14-9-13-15-11(3)12(4)17-13/h10,14H,6-9H2,1-5H3. The summed E-state index contributed by atoms with van der Waals surface area (Å²) in [6, 6.07) is 0.668. The van der Waals surface area contributed by atoms with E-state index in [1.54, 1.807) is 11.3 Å². The van der Waals surface area contributed by atoms with Gasteiger partial charge in [-0.05, 0) is 34.2 Å². The molecule has 3 nitrogen and oxygen atoms in total. The Morgan fingerprint density at radius 1 is 1.41 bits per heavy atom. The molecule has 17 heavy (non-hydrogen) atoms. The van der Waals surface area contributed by atoms with Crippen LogP contribution in [0.2, 0.25) is 0 Å². The van der Waals surface area contributed by atoms with Gasteiger partial charge in [-0.25, -0.2) is 4.98 Å². The lowest BCUT2D eigenvalue weighted by molar-refractivity contribution is 0.251. The zero-order valence-electron chi connectivity index (χ0n) is 11.7. The van der Waals surface area contributed by atoms with E-state index in [-0.39, 0.29) is 0 Å². The Kier molecular flexibility index (Phi) is 6.09. The number of nitrogens with zero attached hydrogens (tertiary/aromatic N) is 2. The molecule has 0 aliphatic carbocycles. The Morgan fingerprint density at radius 3 is 2.65 bits per heavy atom. The zero-order valence-corrected chi connectivity index (χ0v) is 12.5. The van der Waals surface area contributed by atoms with E-state index in [2.05, 4.69) is 49.9 Å². The maximum Gasteiger partial charge on any atom is 0.107 e. The van der Waals surface area contributed by atoms with Crippen LogP contribution < -0.4 is 5.32 Å². The fourth-order valence-electron chi connectivity index (χ4n) is 1.60. The summed E-state index contributed by atoms with van der Waals surface area (Å²) in [5.41, 5.74) is 1.17. The summed E-state index contributed by atoms with van der Waals surface area (Å²) < 4.78 is 0. The number of aromatic nitrogens is 1. The minimum atomic E-state index is 0.668. The average Bonchev–Trinajstić information content (AvgIpc) is 2.63. The molecule has 4 heteroatoms. The molecule has 1 N–H and O–H groups in total. The molecular formula is C13H25N3S. The fourth-order valence-corrected chi connectivity index (χ4v) is 2.50. The number of aryl methyl sites for hydroxylation is 2. The van der Waals surface area contributed by atoms with Gasteiger partial charge in [-0.2, -0.15) is 0 Å². The number of rotatable bonds is 7. The lowest BCUT2D eigenvalue weighted by atomic mass is 10.2. The molecule has 0 aliphatic rings. The quantitative estimate of drug-likeness (QED) is 0.759. The highest BCUT2D eigenvalue weighted by molar-refractivity contribution is 7.11. The maximum atomic E-state index is 4.52. The van der Waals surface area contributed by atoms with Gasteiger partial charge in [-0.1, -0.05) is 6.92 Å². The Morgan fingerprint density at radius 2 is 2.12 bits per heavy atom. The summed E-state index contributed by atoms with van der Waals surface area (Å²) in [5.74, 6) is 0. The van der Waals surface area contributed by atoms with Gasteiger partial charge in [0.15, 0.2) is 0 Å². The van der Waals surface area contributed by atoms with Crippen LogP contribution in [0.5, 0.6) is 0 Å². The van der Waals surface area contributed by atoms with Gasteiger partial charge < -0.3 is 10.2 Å². The van der Waals surface area contributed by atoms with Gasteiger partial charge in [0.2, 0.25) is 0 Å². The summed E-state index contributed by atoms with van der Waals surface area (Å²) in [6.07, 6.45) is 1.21. The minimum absolute atomic E-state index is 0.668. The molecule has 0 aromatic carbocycles. The molecule has 0 amide bonds. The van der Waals surface area contributed by atoms with Gasteiger partial charge >= 0.3 is 0 Å². The lowest BCUT2D eigenvalue weighted by Gasteiger charge is -2.23. The van der Waals surface area contributed by atoms with Crippen molar-refractivity contribution in [1.82, 2.24) is 15.2 Å².